The maximum atomic E-state index is 10.0. The summed E-state index contributed by atoms with van der Waals surface area (Å²) >= 11 is 0. The molecule has 0 aromatic rings. The Bertz CT molecular complexity index is 206. The summed E-state index contributed by atoms with van der Waals surface area (Å²) in [5, 5.41) is 11.9. The third-order valence-corrected chi connectivity index (χ3v) is 1.71. The molecule has 1 N–H and O–H groups in total. The van der Waals surface area contributed by atoms with Crippen LogP contribution in [0.15, 0.2) is 5.16 Å². The average molecular weight is 187 g/mol. The number of hydrogen-bond acceptors (Lipinski definition) is 4. The lowest BCUT2D eigenvalue weighted by atomic mass is 9.93. The van der Waals surface area contributed by atoms with Crippen molar-refractivity contribution >= 4 is 11.7 Å². The van der Waals surface area contributed by atoms with E-state index in [1.807, 2.05) is 6.92 Å². The van der Waals surface area contributed by atoms with Crippen LogP contribution in [0.2, 0.25) is 0 Å². The first-order valence-electron chi connectivity index (χ1n) is 4.23. The summed E-state index contributed by atoms with van der Waals surface area (Å²) in [4.78, 5) is 14.6. The number of carboxylic acids is 1. The quantitative estimate of drug-likeness (QED) is 0.641. The van der Waals surface area contributed by atoms with Gasteiger partial charge in [0, 0.05) is 19.4 Å². The molecule has 1 saturated carbocycles. The van der Waals surface area contributed by atoms with E-state index < -0.39 is 5.97 Å². The van der Waals surface area contributed by atoms with Crippen LogP contribution >= 0.6 is 0 Å². The van der Waals surface area contributed by atoms with Gasteiger partial charge in [-0.15, -0.1) is 0 Å². The van der Waals surface area contributed by atoms with Gasteiger partial charge in [-0.1, -0.05) is 5.16 Å². The fourth-order valence-electron chi connectivity index (χ4n) is 1.07. The van der Waals surface area contributed by atoms with Gasteiger partial charge in [0.25, 0.3) is 0 Å². The molecule has 5 heteroatoms. The molecule has 1 fully saturated rings. The highest BCUT2D eigenvalue weighted by atomic mass is 16.6. The van der Waals surface area contributed by atoms with Gasteiger partial charge < -0.3 is 14.7 Å². The van der Waals surface area contributed by atoms with Crippen molar-refractivity contribution in [1.29, 1.82) is 0 Å². The molecule has 74 valence electrons. The molecule has 0 aromatic heterocycles. The summed E-state index contributed by atoms with van der Waals surface area (Å²) in [5.74, 6) is -1.01. The smallest absolute Gasteiger partial charge is 0.344 e. The van der Waals surface area contributed by atoms with Gasteiger partial charge in [-0.25, -0.2) is 4.79 Å². The molecule has 0 aromatic carbocycles. The van der Waals surface area contributed by atoms with Crippen molar-refractivity contribution in [3.05, 3.63) is 0 Å². The van der Waals surface area contributed by atoms with Crippen LogP contribution in [-0.2, 0) is 14.4 Å². The first-order chi connectivity index (χ1) is 6.22. The van der Waals surface area contributed by atoms with E-state index in [1.165, 1.54) is 0 Å². The summed E-state index contributed by atoms with van der Waals surface area (Å²) in [6.07, 6.45) is 1.76. The lowest BCUT2D eigenvalue weighted by molar-refractivity contribution is -0.142. The van der Waals surface area contributed by atoms with Gasteiger partial charge >= 0.3 is 5.97 Å². The van der Waals surface area contributed by atoms with Crippen LogP contribution in [0.5, 0.6) is 0 Å². The Labute approximate surface area is 76.3 Å². The Kier molecular flexibility index (Phi) is 3.70. The molecule has 1 rings (SSSR count). The SMILES string of the molecule is CCOC1CC(=NOCC(=O)O)C1. The zero-order valence-corrected chi connectivity index (χ0v) is 7.52. The standard InChI is InChI=1S/C8H13NO4/c1-2-12-7-3-6(4-7)9-13-5-8(10)11/h7H,2-5H2,1H3,(H,10,11). The number of hydrogen-bond donors (Lipinski definition) is 1. The minimum atomic E-state index is -1.01. The monoisotopic (exact) mass is 187 g/mol. The van der Waals surface area contributed by atoms with E-state index in [0.29, 0.717) is 6.61 Å². The summed E-state index contributed by atoms with van der Waals surface area (Å²) in [6, 6.07) is 0. The van der Waals surface area contributed by atoms with E-state index in [9.17, 15) is 4.79 Å². The number of rotatable bonds is 5. The van der Waals surface area contributed by atoms with Crippen LogP contribution in [0.4, 0.5) is 0 Å². The lowest BCUT2D eigenvalue weighted by Crippen LogP contribution is -2.31. The molecule has 0 radical (unpaired) electrons. The number of carboxylic acid groups (broad SMARTS) is 1. The second kappa shape index (κ2) is 4.81. The van der Waals surface area contributed by atoms with Crippen LogP contribution in [0.25, 0.3) is 0 Å². The van der Waals surface area contributed by atoms with Gasteiger partial charge in [0.05, 0.1) is 11.8 Å². The number of carbonyl (C=O) groups is 1. The number of oxime groups is 1. The number of ether oxygens (including phenoxy) is 1. The average Bonchev–Trinajstić information content (AvgIpc) is 1.99. The maximum Gasteiger partial charge on any atom is 0.344 e. The van der Waals surface area contributed by atoms with E-state index in [1.54, 1.807) is 0 Å². The van der Waals surface area contributed by atoms with Crippen molar-refractivity contribution in [1.82, 2.24) is 0 Å². The number of aliphatic carboxylic acids is 1. The second-order valence-corrected chi connectivity index (χ2v) is 2.81. The topological polar surface area (TPSA) is 68.1 Å². The molecule has 1 aliphatic rings. The highest BCUT2D eigenvalue weighted by molar-refractivity contribution is 5.90. The number of nitrogens with zero attached hydrogens (tertiary/aromatic N) is 1. The Hall–Kier alpha value is -1.10. The maximum absolute atomic E-state index is 10.0. The molecule has 0 heterocycles. The van der Waals surface area contributed by atoms with Crippen molar-refractivity contribution in [2.24, 2.45) is 5.16 Å². The Balaban J connectivity index is 2.08. The van der Waals surface area contributed by atoms with Crippen molar-refractivity contribution in [3.8, 4) is 0 Å². The molecule has 0 aliphatic heterocycles. The molecule has 5 nitrogen and oxygen atoms in total. The van der Waals surface area contributed by atoms with Crippen LogP contribution in [0, 0.1) is 0 Å². The molecule has 0 spiro atoms. The van der Waals surface area contributed by atoms with E-state index in [-0.39, 0.29) is 12.7 Å². The molecular formula is C8H13NO4. The Morgan fingerprint density at radius 2 is 2.38 bits per heavy atom. The predicted molar refractivity (Wildman–Crippen MR) is 45.7 cm³/mol. The molecule has 0 atom stereocenters. The van der Waals surface area contributed by atoms with Crippen LogP contribution in [0.3, 0.4) is 0 Å². The molecule has 1 aliphatic carbocycles. The third kappa shape index (κ3) is 3.42. The normalized spacial score (nSPS) is 20.7. The summed E-state index contributed by atoms with van der Waals surface area (Å²) < 4.78 is 5.28. The zero-order valence-electron chi connectivity index (χ0n) is 7.52. The minimum Gasteiger partial charge on any atom is -0.479 e. The molecule has 13 heavy (non-hydrogen) atoms. The Morgan fingerprint density at radius 3 is 2.92 bits per heavy atom. The fourth-order valence-corrected chi connectivity index (χ4v) is 1.07. The highest BCUT2D eigenvalue weighted by Gasteiger charge is 2.25. The molecule has 0 unspecified atom stereocenters. The lowest BCUT2D eigenvalue weighted by Gasteiger charge is -2.26. The summed E-state index contributed by atoms with van der Waals surface area (Å²) in [5.41, 5.74) is 0.875. The van der Waals surface area contributed by atoms with Gasteiger partial charge in [0.15, 0.2) is 0 Å². The zero-order chi connectivity index (χ0) is 9.68. The predicted octanol–water partition coefficient (Wildman–Crippen LogP) is 0.643. The van der Waals surface area contributed by atoms with E-state index >= 15 is 0 Å². The van der Waals surface area contributed by atoms with Crippen molar-refractivity contribution in [2.45, 2.75) is 25.9 Å². The van der Waals surface area contributed by atoms with Crippen molar-refractivity contribution in [3.63, 3.8) is 0 Å². The van der Waals surface area contributed by atoms with Crippen molar-refractivity contribution < 1.29 is 19.5 Å². The largest absolute Gasteiger partial charge is 0.479 e. The molecule has 0 saturated heterocycles. The van der Waals surface area contributed by atoms with Crippen molar-refractivity contribution in [2.75, 3.05) is 13.2 Å². The van der Waals surface area contributed by atoms with Crippen LogP contribution in [-0.4, -0.2) is 36.1 Å². The molecule has 0 amide bonds. The van der Waals surface area contributed by atoms with E-state index in [0.717, 1.165) is 18.6 Å². The van der Waals surface area contributed by atoms with Gasteiger partial charge in [0.1, 0.15) is 0 Å². The summed E-state index contributed by atoms with van der Waals surface area (Å²) in [6.45, 7) is 2.27. The van der Waals surface area contributed by atoms with Crippen LogP contribution < -0.4 is 0 Å². The summed E-state index contributed by atoms with van der Waals surface area (Å²) in [7, 11) is 0. The van der Waals surface area contributed by atoms with Gasteiger partial charge in [0.2, 0.25) is 6.61 Å². The van der Waals surface area contributed by atoms with Gasteiger partial charge in [-0.3, -0.25) is 0 Å². The van der Waals surface area contributed by atoms with E-state index in [2.05, 4.69) is 9.99 Å². The first-order valence-corrected chi connectivity index (χ1v) is 4.23. The highest BCUT2D eigenvalue weighted by Crippen LogP contribution is 2.19. The second-order valence-electron chi connectivity index (χ2n) is 2.81. The fraction of sp³-hybridized carbons (Fsp3) is 0.750. The Morgan fingerprint density at radius 1 is 1.69 bits per heavy atom. The minimum absolute atomic E-state index is 0.247. The first kappa shape index (κ1) is 9.98. The molecule has 0 bridgehead atoms. The third-order valence-electron chi connectivity index (χ3n) is 1.71. The van der Waals surface area contributed by atoms with Gasteiger partial charge in [-0.05, 0) is 6.92 Å². The van der Waals surface area contributed by atoms with Crippen LogP contribution in [0.1, 0.15) is 19.8 Å². The molecular weight excluding hydrogens is 174 g/mol. The van der Waals surface area contributed by atoms with Gasteiger partial charge in [-0.2, -0.15) is 0 Å². The van der Waals surface area contributed by atoms with E-state index in [4.69, 9.17) is 9.84 Å².